The van der Waals surface area contributed by atoms with Crippen molar-refractivity contribution >= 4 is 16.6 Å². The maximum Gasteiger partial charge on any atom is 0.418 e. The molecule has 1 atom stereocenters. The molecule has 2 aromatic heterocycles. The Morgan fingerprint density at radius 1 is 1.03 bits per heavy atom. The highest BCUT2D eigenvalue weighted by atomic mass is 19.4. The Hall–Kier alpha value is -4.12. The predicted octanol–water partition coefficient (Wildman–Crippen LogP) is 4.36. The maximum absolute atomic E-state index is 14.2. The zero-order valence-electron chi connectivity index (χ0n) is 20.9. The van der Waals surface area contributed by atoms with E-state index in [2.05, 4.69) is 10.1 Å². The number of fused-ring (bicyclic) bond motifs is 1. The molecule has 1 saturated heterocycles. The molecular weight excluding hydrogens is 501 g/mol. The van der Waals surface area contributed by atoms with Gasteiger partial charge in [0.25, 0.3) is 5.56 Å². The van der Waals surface area contributed by atoms with Gasteiger partial charge in [-0.1, -0.05) is 0 Å². The van der Waals surface area contributed by atoms with Gasteiger partial charge in [0.1, 0.15) is 22.7 Å². The number of halogens is 3. The van der Waals surface area contributed by atoms with E-state index in [0.717, 1.165) is 10.7 Å². The summed E-state index contributed by atoms with van der Waals surface area (Å²) in [4.78, 5) is 19.8. The molecule has 8 nitrogen and oxygen atoms in total. The molecule has 1 aliphatic heterocycles. The summed E-state index contributed by atoms with van der Waals surface area (Å²) in [5.74, 6) is 0.885. The molecule has 5 rings (SSSR count). The van der Waals surface area contributed by atoms with Crippen molar-refractivity contribution in [1.82, 2.24) is 14.8 Å². The first kappa shape index (κ1) is 25.5. The molecule has 0 radical (unpaired) electrons. The summed E-state index contributed by atoms with van der Waals surface area (Å²) in [6, 6.07) is 11.9. The van der Waals surface area contributed by atoms with E-state index in [1.807, 2.05) is 0 Å². The van der Waals surface area contributed by atoms with Crippen molar-refractivity contribution in [1.29, 1.82) is 0 Å². The third-order valence-electron chi connectivity index (χ3n) is 6.55. The number of rotatable bonds is 5. The van der Waals surface area contributed by atoms with E-state index in [4.69, 9.17) is 9.47 Å². The molecule has 2 aromatic carbocycles. The van der Waals surface area contributed by atoms with Crippen molar-refractivity contribution in [3.63, 3.8) is 0 Å². The molecule has 0 bridgehead atoms. The number of ether oxygens (including phenoxy) is 2. The number of aliphatic hydroxyl groups excluding tert-OH is 1. The molecule has 0 spiro atoms. The van der Waals surface area contributed by atoms with Gasteiger partial charge < -0.3 is 19.5 Å². The van der Waals surface area contributed by atoms with Crippen molar-refractivity contribution in [2.45, 2.75) is 25.6 Å². The van der Waals surface area contributed by atoms with Gasteiger partial charge >= 0.3 is 6.18 Å². The number of aryl methyl sites for hydroxylation is 1. The van der Waals surface area contributed by atoms with Crippen molar-refractivity contribution in [2.24, 2.45) is 0 Å². The second-order valence-corrected chi connectivity index (χ2v) is 9.10. The molecule has 0 aliphatic carbocycles. The molecule has 0 amide bonds. The topological polar surface area (TPSA) is 89.7 Å². The molecule has 38 heavy (non-hydrogen) atoms. The molecule has 0 saturated carbocycles. The van der Waals surface area contributed by atoms with Crippen molar-refractivity contribution < 1.29 is 27.8 Å². The minimum absolute atomic E-state index is 0.0214. The van der Waals surface area contributed by atoms with Crippen LogP contribution >= 0.6 is 0 Å². The normalized spacial score (nSPS) is 15.8. The van der Waals surface area contributed by atoms with Gasteiger partial charge in [-0.15, -0.1) is 0 Å². The summed E-state index contributed by atoms with van der Waals surface area (Å²) in [6.45, 7) is 2.44. The number of hydrogen-bond acceptors (Lipinski definition) is 7. The minimum atomic E-state index is -4.76. The SMILES string of the molecule is COc1cc(OC)cc(-c2nn(-c3cc(N4CC[C@H](O)C4)ccc3C(F)(F)F)c(=O)c3nc(C)ccc23)c1. The zero-order valence-corrected chi connectivity index (χ0v) is 20.9. The first-order valence-corrected chi connectivity index (χ1v) is 11.9. The monoisotopic (exact) mass is 526 g/mol. The van der Waals surface area contributed by atoms with Gasteiger partial charge in [-0.2, -0.15) is 23.0 Å². The standard InChI is InChI=1S/C27H25F3N4O4/c1-15-4-6-21-24(16-10-19(37-2)13-20(11-16)38-3)32-34(26(36)25(21)31-15)23-12-17(33-9-8-18(35)14-33)5-7-22(23)27(28,29)30/h4-7,10-13,18,35H,8-9,14H2,1-3H3/t18-/m0/s1. The van der Waals surface area contributed by atoms with Crippen LogP contribution in [0, 0.1) is 6.92 Å². The number of aromatic nitrogens is 3. The number of nitrogens with zero attached hydrogens (tertiary/aromatic N) is 4. The first-order chi connectivity index (χ1) is 18.1. The first-order valence-electron chi connectivity index (χ1n) is 11.9. The average molecular weight is 527 g/mol. The fourth-order valence-corrected chi connectivity index (χ4v) is 4.64. The van der Waals surface area contributed by atoms with E-state index in [1.165, 1.54) is 26.4 Å². The largest absolute Gasteiger partial charge is 0.497 e. The van der Waals surface area contributed by atoms with E-state index < -0.39 is 29.1 Å². The Labute approximate surface area is 215 Å². The third kappa shape index (κ3) is 4.65. The third-order valence-corrected chi connectivity index (χ3v) is 6.55. The highest BCUT2D eigenvalue weighted by Crippen LogP contribution is 2.37. The Bertz CT molecular complexity index is 1560. The van der Waals surface area contributed by atoms with Crippen LogP contribution in [0.25, 0.3) is 27.8 Å². The highest BCUT2D eigenvalue weighted by molar-refractivity contribution is 5.92. The van der Waals surface area contributed by atoms with Crippen LogP contribution in [0.5, 0.6) is 11.5 Å². The summed E-state index contributed by atoms with van der Waals surface area (Å²) in [5, 5.41) is 14.8. The number of pyridine rings is 1. The number of β-amino-alcohol motifs (C(OH)–C–C–N with tert-alkyl or cyclic N) is 1. The molecule has 11 heteroatoms. The second-order valence-electron chi connectivity index (χ2n) is 9.10. The van der Waals surface area contributed by atoms with Crippen LogP contribution < -0.4 is 19.9 Å². The van der Waals surface area contributed by atoms with Crippen molar-refractivity contribution in [3.05, 3.63) is 70.1 Å². The van der Waals surface area contributed by atoms with Gasteiger partial charge in [0.05, 0.1) is 31.6 Å². The van der Waals surface area contributed by atoms with Gasteiger partial charge in [0.2, 0.25) is 0 Å². The van der Waals surface area contributed by atoms with E-state index in [0.29, 0.717) is 46.8 Å². The van der Waals surface area contributed by atoms with Crippen molar-refractivity contribution in [3.8, 4) is 28.4 Å². The lowest BCUT2D eigenvalue weighted by Gasteiger charge is -2.22. The van der Waals surface area contributed by atoms with Crippen LogP contribution in [0.1, 0.15) is 17.7 Å². The van der Waals surface area contributed by atoms with Gasteiger partial charge in [-0.25, -0.2) is 4.98 Å². The molecule has 1 fully saturated rings. The number of hydrogen-bond donors (Lipinski definition) is 1. The van der Waals surface area contributed by atoms with E-state index in [-0.39, 0.29) is 17.8 Å². The van der Waals surface area contributed by atoms with Crippen LogP contribution in [0.3, 0.4) is 0 Å². The van der Waals surface area contributed by atoms with Crippen LogP contribution in [-0.2, 0) is 6.18 Å². The molecular formula is C27H25F3N4O4. The Morgan fingerprint density at radius 3 is 2.34 bits per heavy atom. The number of anilines is 1. The number of methoxy groups -OCH3 is 2. The van der Waals surface area contributed by atoms with Gasteiger partial charge in [-0.05, 0) is 55.8 Å². The molecule has 1 aliphatic rings. The molecule has 1 N–H and O–H groups in total. The van der Waals surface area contributed by atoms with Crippen LogP contribution in [0.4, 0.5) is 18.9 Å². The second kappa shape index (κ2) is 9.64. The lowest BCUT2D eigenvalue weighted by molar-refractivity contribution is -0.137. The summed E-state index contributed by atoms with van der Waals surface area (Å²) in [7, 11) is 2.96. The zero-order chi connectivity index (χ0) is 27.2. The van der Waals surface area contributed by atoms with Crippen LogP contribution in [-0.4, -0.2) is 53.3 Å². The van der Waals surface area contributed by atoms with Crippen LogP contribution in [0.2, 0.25) is 0 Å². The fraction of sp³-hybridized carbons (Fsp3) is 0.296. The fourth-order valence-electron chi connectivity index (χ4n) is 4.64. The van der Waals surface area contributed by atoms with Gasteiger partial charge in [0.15, 0.2) is 0 Å². The smallest absolute Gasteiger partial charge is 0.418 e. The van der Waals surface area contributed by atoms with Crippen LogP contribution in [0.15, 0.2) is 53.3 Å². The minimum Gasteiger partial charge on any atom is -0.497 e. The summed E-state index contributed by atoms with van der Waals surface area (Å²) < 4.78 is 54.1. The Balaban J connectivity index is 1.83. The lowest BCUT2D eigenvalue weighted by atomic mass is 10.1. The van der Waals surface area contributed by atoms with Crippen molar-refractivity contribution in [2.75, 3.05) is 32.2 Å². The molecule has 198 valence electrons. The van der Waals surface area contributed by atoms with Gasteiger partial charge in [-0.3, -0.25) is 4.79 Å². The highest BCUT2D eigenvalue weighted by Gasteiger charge is 2.36. The average Bonchev–Trinajstić information content (AvgIpc) is 3.34. The molecule has 4 aromatic rings. The van der Waals surface area contributed by atoms with E-state index >= 15 is 0 Å². The Kier molecular flexibility index (Phi) is 6.47. The quantitative estimate of drug-likeness (QED) is 0.413. The number of aliphatic hydroxyl groups is 1. The van der Waals surface area contributed by atoms with Gasteiger partial charge in [0, 0.05) is 41.5 Å². The number of benzene rings is 2. The summed E-state index contributed by atoms with van der Waals surface area (Å²) in [6.07, 6.45) is -4.84. The van der Waals surface area contributed by atoms with E-state index in [9.17, 15) is 23.1 Å². The summed E-state index contributed by atoms with van der Waals surface area (Å²) in [5.41, 5.74) is -0.576. The molecule has 3 heterocycles. The lowest BCUT2D eigenvalue weighted by Crippen LogP contribution is -2.27. The number of alkyl halides is 3. The maximum atomic E-state index is 14.2. The Morgan fingerprint density at radius 2 is 1.74 bits per heavy atom. The predicted molar refractivity (Wildman–Crippen MR) is 136 cm³/mol. The van der Waals surface area contributed by atoms with E-state index in [1.54, 1.807) is 42.2 Å². The summed E-state index contributed by atoms with van der Waals surface area (Å²) >= 11 is 0. The molecule has 0 unspecified atom stereocenters.